The number of hydrogen-bond acceptors (Lipinski definition) is 5. The summed E-state index contributed by atoms with van der Waals surface area (Å²) < 4.78 is 27.4. The van der Waals surface area contributed by atoms with Gasteiger partial charge in [0.15, 0.2) is 0 Å². The molecular formula is C22H30N4O4S. The van der Waals surface area contributed by atoms with Crippen molar-refractivity contribution >= 4 is 27.5 Å². The lowest BCUT2D eigenvalue weighted by atomic mass is 10.2. The van der Waals surface area contributed by atoms with Gasteiger partial charge >= 0.3 is 0 Å². The van der Waals surface area contributed by atoms with Crippen LogP contribution in [0.4, 0.5) is 5.69 Å². The van der Waals surface area contributed by atoms with Crippen molar-refractivity contribution < 1.29 is 18.0 Å². The summed E-state index contributed by atoms with van der Waals surface area (Å²) in [4.78, 5) is 25.5. The van der Waals surface area contributed by atoms with E-state index in [2.05, 4.69) is 32.4 Å². The second kappa shape index (κ2) is 11.6. The van der Waals surface area contributed by atoms with Gasteiger partial charge in [0.05, 0.1) is 10.9 Å². The van der Waals surface area contributed by atoms with Crippen LogP contribution in [-0.2, 0) is 26.2 Å². The molecule has 0 bridgehead atoms. The number of amides is 2. The lowest BCUT2D eigenvalue weighted by molar-refractivity contribution is -0.122. The monoisotopic (exact) mass is 446 g/mol. The minimum absolute atomic E-state index is 0.0174. The quantitative estimate of drug-likeness (QED) is 0.457. The molecule has 0 radical (unpaired) electrons. The van der Waals surface area contributed by atoms with E-state index in [0.29, 0.717) is 12.2 Å². The van der Waals surface area contributed by atoms with E-state index in [0.717, 1.165) is 19.5 Å². The van der Waals surface area contributed by atoms with Crippen molar-refractivity contribution in [2.24, 2.45) is 0 Å². The first-order valence-corrected chi connectivity index (χ1v) is 11.6. The van der Waals surface area contributed by atoms with E-state index < -0.39 is 16.1 Å². The predicted molar refractivity (Wildman–Crippen MR) is 121 cm³/mol. The zero-order valence-corrected chi connectivity index (χ0v) is 18.9. The Morgan fingerprint density at radius 2 is 1.68 bits per heavy atom. The molecule has 168 valence electrons. The van der Waals surface area contributed by atoms with Gasteiger partial charge in [0, 0.05) is 25.7 Å². The summed E-state index contributed by atoms with van der Waals surface area (Å²) in [5.74, 6) is -0.630. The van der Waals surface area contributed by atoms with E-state index in [-0.39, 0.29) is 16.7 Å². The van der Waals surface area contributed by atoms with Crippen molar-refractivity contribution in [1.82, 2.24) is 14.9 Å². The molecule has 0 aromatic heterocycles. The minimum Gasteiger partial charge on any atom is -0.355 e. The van der Waals surface area contributed by atoms with Gasteiger partial charge in [-0.25, -0.2) is 8.42 Å². The number of anilines is 1. The number of rotatable bonds is 11. The Morgan fingerprint density at radius 1 is 1.03 bits per heavy atom. The van der Waals surface area contributed by atoms with Crippen LogP contribution in [0.5, 0.6) is 0 Å². The van der Waals surface area contributed by atoms with Crippen LogP contribution >= 0.6 is 0 Å². The van der Waals surface area contributed by atoms with Crippen LogP contribution < -0.4 is 15.4 Å². The van der Waals surface area contributed by atoms with Crippen LogP contribution in [0.3, 0.4) is 0 Å². The number of nitrogens with one attached hydrogen (secondary N) is 3. The van der Waals surface area contributed by atoms with Crippen LogP contribution in [0.1, 0.15) is 25.8 Å². The van der Waals surface area contributed by atoms with E-state index in [1.807, 2.05) is 25.2 Å². The summed E-state index contributed by atoms with van der Waals surface area (Å²) in [6, 6.07) is 14.9. The van der Waals surface area contributed by atoms with Crippen molar-refractivity contribution in [3.05, 3.63) is 60.2 Å². The molecule has 3 N–H and O–H groups in total. The number of benzene rings is 2. The van der Waals surface area contributed by atoms with E-state index in [9.17, 15) is 18.0 Å². The first-order valence-electron chi connectivity index (χ1n) is 10.1. The van der Waals surface area contributed by atoms with Crippen LogP contribution in [0.2, 0.25) is 0 Å². The van der Waals surface area contributed by atoms with Crippen LogP contribution in [0, 0.1) is 0 Å². The van der Waals surface area contributed by atoms with Gasteiger partial charge in [-0.05, 0) is 56.8 Å². The second-order valence-corrected chi connectivity index (χ2v) is 9.13. The normalized spacial score (nSPS) is 12.4. The highest BCUT2D eigenvalue weighted by atomic mass is 32.2. The topological polar surface area (TPSA) is 108 Å². The van der Waals surface area contributed by atoms with Gasteiger partial charge in [0.1, 0.15) is 0 Å². The van der Waals surface area contributed by atoms with Crippen molar-refractivity contribution in [1.29, 1.82) is 0 Å². The van der Waals surface area contributed by atoms with Crippen LogP contribution in [0.15, 0.2) is 59.5 Å². The molecule has 0 heterocycles. The number of carbonyl (C=O) groups is 2. The second-order valence-electron chi connectivity index (χ2n) is 7.42. The molecule has 9 heteroatoms. The Kier molecular flexibility index (Phi) is 9.17. The summed E-state index contributed by atoms with van der Waals surface area (Å²) >= 11 is 0. The average molecular weight is 447 g/mol. The van der Waals surface area contributed by atoms with Gasteiger partial charge in [0.25, 0.3) is 0 Å². The Labute approximate surface area is 184 Å². The lowest BCUT2D eigenvalue weighted by Crippen LogP contribution is -2.45. The molecule has 0 saturated heterocycles. The molecule has 2 aromatic carbocycles. The summed E-state index contributed by atoms with van der Waals surface area (Å²) in [6.07, 6.45) is 0.749. The third-order valence-corrected chi connectivity index (χ3v) is 6.08. The number of hydrogen-bond donors (Lipinski definition) is 3. The maximum Gasteiger partial charge on any atom is 0.241 e. The summed E-state index contributed by atoms with van der Waals surface area (Å²) in [6.45, 7) is 4.95. The number of nitrogens with zero attached hydrogens (tertiary/aromatic N) is 1. The first kappa shape index (κ1) is 24.5. The smallest absolute Gasteiger partial charge is 0.241 e. The highest BCUT2D eigenvalue weighted by molar-refractivity contribution is 7.89. The Balaban J connectivity index is 1.76. The van der Waals surface area contributed by atoms with Gasteiger partial charge in [-0.3, -0.25) is 9.59 Å². The van der Waals surface area contributed by atoms with Crippen molar-refractivity contribution in [3.63, 3.8) is 0 Å². The molecular weight excluding hydrogens is 416 g/mol. The summed E-state index contributed by atoms with van der Waals surface area (Å²) in [5.41, 5.74) is 1.72. The van der Waals surface area contributed by atoms with Crippen molar-refractivity contribution in [3.8, 4) is 0 Å². The molecule has 31 heavy (non-hydrogen) atoms. The average Bonchev–Trinajstić information content (AvgIpc) is 2.71. The number of carbonyl (C=O) groups excluding carboxylic acids is 2. The molecule has 0 aliphatic carbocycles. The maximum atomic E-state index is 12.5. The fourth-order valence-electron chi connectivity index (χ4n) is 2.96. The van der Waals surface area contributed by atoms with Gasteiger partial charge in [-0.15, -0.1) is 0 Å². The van der Waals surface area contributed by atoms with Crippen molar-refractivity contribution in [2.45, 2.75) is 37.8 Å². The van der Waals surface area contributed by atoms with E-state index in [4.69, 9.17) is 0 Å². The number of sulfonamides is 1. The molecule has 0 aliphatic rings. The molecule has 1 atom stereocenters. The Hall–Kier alpha value is -2.75. The molecule has 2 rings (SSSR count). The fraction of sp³-hybridized carbons (Fsp3) is 0.364. The van der Waals surface area contributed by atoms with Gasteiger partial charge in [-0.2, -0.15) is 4.72 Å². The zero-order chi connectivity index (χ0) is 22.9. The molecule has 0 saturated carbocycles. The molecule has 2 amide bonds. The van der Waals surface area contributed by atoms with E-state index in [1.165, 1.54) is 43.7 Å². The molecule has 0 fully saturated rings. The largest absolute Gasteiger partial charge is 0.355 e. The molecule has 0 unspecified atom stereocenters. The molecule has 2 aromatic rings. The van der Waals surface area contributed by atoms with Gasteiger partial charge in [-0.1, -0.05) is 30.3 Å². The SMILES string of the molecule is CC(=O)Nc1ccc(S(=O)(=O)N[C@@H](C)C(=O)NCCCN(C)Cc2ccccc2)cc1. The first-order chi connectivity index (χ1) is 14.7. The Morgan fingerprint density at radius 3 is 2.29 bits per heavy atom. The van der Waals surface area contributed by atoms with Crippen LogP contribution in [-0.4, -0.2) is 51.3 Å². The Bertz CT molecular complexity index is 963. The minimum atomic E-state index is -3.86. The van der Waals surface area contributed by atoms with E-state index >= 15 is 0 Å². The van der Waals surface area contributed by atoms with Gasteiger partial charge < -0.3 is 15.5 Å². The predicted octanol–water partition coefficient (Wildman–Crippen LogP) is 1.95. The van der Waals surface area contributed by atoms with E-state index in [1.54, 1.807) is 0 Å². The molecule has 0 spiro atoms. The lowest BCUT2D eigenvalue weighted by Gasteiger charge is -2.18. The fourth-order valence-corrected chi connectivity index (χ4v) is 4.17. The van der Waals surface area contributed by atoms with Crippen LogP contribution in [0.25, 0.3) is 0 Å². The summed E-state index contributed by atoms with van der Waals surface area (Å²) in [5, 5.41) is 5.34. The van der Waals surface area contributed by atoms with Gasteiger partial charge in [0.2, 0.25) is 21.8 Å². The summed E-state index contributed by atoms with van der Waals surface area (Å²) in [7, 11) is -1.84. The third kappa shape index (κ3) is 8.49. The molecule has 0 aliphatic heterocycles. The standard InChI is InChI=1S/C22H30N4O4S/c1-17(25-31(29,30)21-12-10-20(11-13-21)24-18(2)27)22(28)23-14-7-15-26(3)16-19-8-5-4-6-9-19/h4-6,8-13,17,25H,7,14-16H2,1-3H3,(H,23,28)(H,24,27)/t17-/m0/s1. The van der Waals surface area contributed by atoms with Crippen molar-refractivity contribution in [2.75, 3.05) is 25.5 Å². The highest BCUT2D eigenvalue weighted by Crippen LogP contribution is 2.14. The third-order valence-electron chi connectivity index (χ3n) is 4.52. The zero-order valence-electron chi connectivity index (χ0n) is 18.1. The maximum absolute atomic E-state index is 12.5. The molecule has 8 nitrogen and oxygen atoms in total. The highest BCUT2D eigenvalue weighted by Gasteiger charge is 2.21.